The number of rotatable bonds is 5. The number of aliphatic carboxylic acids is 1. The van der Waals surface area contributed by atoms with E-state index < -0.39 is 5.97 Å². The van der Waals surface area contributed by atoms with Crippen LogP contribution in [0.2, 0.25) is 0 Å². The van der Waals surface area contributed by atoms with Crippen LogP contribution in [0.3, 0.4) is 0 Å². The van der Waals surface area contributed by atoms with E-state index in [-0.39, 0.29) is 12.4 Å². The average molecular weight is 180 g/mol. The monoisotopic (exact) mass is 179 g/mol. The van der Waals surface area contributed by atoms with Crippen molar-refractivity contribution >= 4 is 18.4 Å². The number of carboxylic acid groups (broad SMARTS) is 1. The molecule has 0 aromatic rings. The van der Waals surface area contributed by atoms with Crippen molar-refractivity contribution in [2.75, 3.05) is 6.54 Å². The third kappa shape index (κ3) is 12.6. The van der Waals surface area contributed by atoms with Crippen molar-refractivity contribution in [1.29, 1.82) is 0 Å². The third-order valence-corrected chi connectivity index (χ3v) is 1.09. The van der Waals surface area contributed by atoms with E-state index in [4.69, 9.17) is 10.8 Å². The fourth-order valence-corrected chi connectivity index (χ4v) is 0.591. The molecule has 0 saturated carbocycles. The van der Waals surface area contributed by atoms with Crippen molar-refractivity contribution in [2.24, 2.45) is 5.73 Å². The molecule has 0 fully saturated rings. The van der Waals surface area contributed by atoms with Gasteiger partial charge in [0, 0.05) is 6.08 Å². The highest BCUT2D eigenvalue weighted by Gasteiger charge is 1.84. The summed E-state index contributed by atoms with van der Waals surface area (Å²) in [5.74, 6) is -0.882. The number of halogens is 1. The molecule has 0 unspecified atom stereocenters. The molecule has 0 radical (unpaired) electrons. The highest BCUT2D eigenvalue weighted by atomic mass is 35.5. The van der Waals surface area contributed by atoms with Crippen LogP contribution < -0.4 is 5.73 Å². The predicted octanol–water partition coefficient (Wildman–Crippen LogP) is 1.18. The van der Waals surface area contributed by atoms with Gasteiger partial charge in [-0.1, -0.05) is 6.08 Å². The van der Waals surface area contributed by atoms with Gasteiger partial charge in [0.05, 0.1) is 0 Å². The van der Waals surface area contributed by atoms with Crippen molar-refractivity contribution in [3.63, 3.8) is 0 Å². The SMILES string of the molecule is Cl.NCCCC/C=C/C(=O)O. The minimum atomic E-state index is -0.882. The number of hydrogen-bond acceptors (Lipinski definition) is 2. The molecule has 11 heavy (non-hydrogen) atoms. The fraction of sp³-hybridized carbons (Fsp3) is 0.571. The smallest absolute Gasteiger partial charge is 0.327 e. The summed E-state index contributed by atoms with van der Waals surface area (Å²) in [4.78, 5) is 9.92. The third-order valence-electron chi connectivity index (χ3n) is 1.09. The molecule has 3 N–H and O–H groups in total. The van der Waals surface area contributed by atoms with Crippen LogP contribution in [0.15, 0.2) is 12.2 Å². The number of carboxylic acids is 1. The van der Waals surface area contributed by atoms with Crippen LogP contribution in [0.25, 0.3) is 0 Å². The summed E-state index contributed by atoms with van der Waals surface area (Å²) >= 11 is 0. The van der Waals surface area contributed by atoms with Crippen LogP contribution in [-0.4, -0.2) is 17.6 Å². The van der Waals surface area contributed by atoms with Gasteiger partial charge in [-0.05, 0) is 25.8 Å². The van der Waals surface area contributed by atoms with Gasteiger partial charge in [0.2, 0.25) is 0 Å². The molecule has 0 aromatic heterocycles. The maximum Gasteiger partial charge on any atom is 0.327 e. The van der Waals surface area contributed by atoms with Crippen LogP contribution >= 0.6 is 12.4 Å². The van der Waals surface area contributed by atoms with E-state index in [1.807, 2.05) is 0 Å². The van der Waals surface area contributed by atoms with Gasteiger partial charge < -0.3 is 10.8 Å². The summed E-state index contributed by atoms with van der Waals surface area (Å²) < 4.78 is 0. The Bertz CT molecular complexity index is 126. The molecule has 0 heterocycles. The van der Waals surface area contributed by atoms with Gasteiger partial charge in [0.25, 0.3) is 0 Å². The zero-order chi connectivity index (χ0) is 7.82. The predicted molar refractivity (Wildman–Crippen MR) is 46.9 cm³/mol. The van der Waals surface area contributed by atoms with Crippen molar-refractivity contribution in [1.82, 2.24) is 0 Å². The van der Waals surface area contributed by atoms with Crippen molar-refractivity contribution in [3.8, 4) is 0 Å². The van der Waals surface area contributed by atoms with Gasteiger partial charge in [-0.15, -0.1) is 12.4 Å². The first kappa shape index (κ1) is 13.1. The Kier molecular flexibility index (Phi) is 11.2. The molecule has 0 rings (SSSR count). The Morgan fingerprint density at radius 3 is 2.55 bits per heavy atom. The molecule has 4 heteroatoms. The molecular weight excluding hydrogens is 166 g/mol. The van der Waals surface area contributed by atoms with Gasteiger partial charge in [0.15, 0.2) is 0 Å². The first-order valence-electron chi connectivity index (χ1n) is 3.37. The Labute approximate surface area is 72.7 Å². The van der Waals surface area contributed by atoms with E-state index in [2.05, 4.69) is 0 Å². The highest BCUT2D eigenvalue weighted by Crippen LogP contribution is 1.93. The lowest BCUT2D eigenvalue weighted by atomic mass is 10.2. The number of carbonyl (C=O) groups is 1. The summed E-state index contributed by atoms with van der Waals surface area (Å²) in [6, 6.07) is 0. The molecule has 0 aliphatic carbocycles. The molecule has 0 aliphatic heterocycles. The fourth-order valence-electron chi connectivity index (χ4n) is 0.591. The summed E-state index contributed by atoms with van der Waals surface area (Å²) in [6.07, 6.45) is 5.56. The molecule has 0 amide bonds. The molecule has 0 aliphatic rings. The van der Waals surface area contributed by atoms with Crippen molar-refractivity contribution < 1.29 is 9.90 Å². The second-order valence-corrected chi connectivity index (χ2v) is 2.03. The number of nitrogens with two attached hydrogens (primary N) is 1. The van der Waals surface area contributed by atoms with E-state index in [1.54, 1.807) is 6.08 Å². The zero-order valence-corrected chi connectivity index (χ0v) is 7.14. The lowest BCUT2D eigenvalue weighted by Gasteiger charge is -1.89. The maximum absolute atomic E-state index is 9.92. The van der Waals surface area contributed by atoms with Gasteiger partial charge in [-0.2, -0.15) is 0 Å². The van der Waals surface area contributed by atoms with Gasteiger partial charge in [-0.3, -0.25) is 0 Å². The molecular formula is C7H14ClNO2. The molecule has 0 saturated heterocycles. The van der Waals surface area contributed by atoms with Crippen LogP contribution in [0.5, 0.6) is 0 Å². The topological polar surface area (TPSA) is 63.3 Å². The van der Waals surface area contributed by atoms with Crippen LogP contribution in [0, 0.1) is 0 Å². The lowest BCUT2D eigenvalue weighted by Crippen LogP contribution is -1.97. The average Bonchev–Trinajstić information content (AvgIpc) is 1.87. The number of allylic oxidation sites excluding steroid dienone is 1. The molecule has 66 valence electrons. The highest BCUT2D eigenvalue weighted by molar-refractivity contribution is 5.85. The minimum absolute atomic E-state index is 0. The van der Waals surface area contributed by atoms with E-state index >= 15 is 0 Å². The second-order valence-electron chi connectivity index (χ2n) is 2.03. The van der Waals surface area contributed by atoms with Gasteiger partial charge in [-0.25, -0.2) is 4.79 Å². The summed E-state index contributed by atoms with van der Waals surface area (Å²) in [6.45, 7) is 0.681. The Morgan fingerprint density at radius 2 is 2.09 bits per heavy atom. The quantitative estimate of drug-likeness (QED) is 0.492. The summed E-state index contributed by atoms with van der Waals surface area (Å²) in [5.41, 5.74) is 5.23. The largest absolute Gasteiger partial charge is 0.478 e. The Hall–Kier alpha value is -0.540. The molecule has 0 aromatic carbocycles. The van der Waals surface area contributed by atoms with E-state index in [1.165, 1.54) is 0 Å². The lowest BCUT2D eigenvalue weighted by molar-refractivity contribution is -0.131. The van der Waals surface area contributed by atoms with Crippen LogP contribution in [-0.2, 0) is 4.79 Å². The van der Waals surface area contributed by atoms with Crippen molar-refractivity contribution in [3.05, 3.63) is 12.2 Å². The maximum atomic E-state index is 9.92. The van der Waals surface area contributed by atoms with E-state index in [0.29, 0.717) is 6.54 Å². The Balaban J connectivity index is 0. The zero-order valence-electron chi connectivity index (χ0n) is 6.32. The van der Waals surface area contributed by atoms with Crippen LogP contribution in [0.4, 0.5) is 0 Å². The Morgan fingerprint density at radius 1 is 1.45 bits per heavy atom. The molecule has 0 spiro atoms. The first-order chi connectivity index (χ1) is 4.77. The number of hydrogen-bond donors (Lipinski definition) is 2. The van der Waals surface area contributed by atoms with E-state index in [0.717, 1.165) is 25.3 Å². The van der Waals surface area contributed by atoms with Gasteiger partial charge >= 0.3 is 5.97 Å². The van der Waals surface area contributed by atoms with Crippen LogP contribution in [0.1, 0.15) is 19.3 Å². The first-order valence-corrected chi connectivity index (χ1v) is 3.37. The minimum Gasteiger partial charge on any atom is -0.478 e. The summed E-state index contributed by atoms with van der Waals surface area (Å²) in [7, 11) is 0. The second kappa shape index (κ2) is 9.46. The van der Waals surface area contributed by atoms with Crippen molar-refractivity contribution in [2.45, 2.75) is 19.3 Å². The molecule has 3 nitrogen and oxygen atoms in total. The molecule has 0 atom stereocenters. The number of unbranched alkanes of at least 4 members (excludes halogenated alkanes) is 2. The van der Waals surface area contributed by atoms with E-state index in [9.17, 15) is 4.79 Å². The summed E-state index contributed by atoms with van der Waals surface area (Å²) in [5, 5.41) is 8.16. The van der Waals surface area contributed by atoms with Gasteiger partial charge in [0.1, 0.15) is 0 Å². The standard InChI is InChI=1S/C7H13NO2.ClH/c8-6-4-2-1-3-5-7(9)10;/h3,5H,1-2,4,6,8H2,(H,9,10);1H/b5-3+;. The molecule has 0 bridgehead atoms. The normalized spacial score (nSPS) is 9.55.